The van der Waals surface area contributed by atoms with Crippen molar-refractivity contribution in [2.45, 2.75) is 26.3 Å². The summed E-state index contributed by atoms with van der Waals surface area (Å²) in [7, 11) is -3.45. The van der Waals surface area contributed by atoms with Gasteiger partial charge in [-0.05, 0) is 43.7 Å². The van der Waals surface area contributed by atoms with E-state index in [4.69, 9.17) is 9.05 Å². The van der Waals surface area contributed by atoms with E-state index in [9.17, 15) is 14.2 Å². The molecular formula is C21H27BrN3O5P. The molecule has 1 unspecified atom stereocenters. The van der Waals surface area contributed by atoms with Crippen LogP contribution in [0.5, 0.6) is 0 Å². The normalized spacial score (nSPS) is 12.1. The molecular weight excluding hydrogens is 485 g/mol. The van der Waals surface area contributed by atoms with Gasteiger partial charge in [-0.25, -0.2) is 4.79 Å². The maximum absolute atomic E-state index is 12.8. The molecule has 0 saturated heterocycles. The molecule has 0 aromatic heterocycles. The highest BCUT2D eigenvalue weighted by molar-refractivity contribution is 9.10. The van der Waals surface area contributed by atoms with Crippen LogP contribution in [0.15, 0.2) is 59.1 Å². The summed E-state index contributed by atoms with van der Waals surface area (Å²) in [5, 5.41) is 7.97. The van der Waals surface area contributed by atoms with E-state index in [1.54, 1.807) is 38.1 Å². The Labute approximate surface area is 190 Å². The minimum Gasteiger partial charge on any atom is -0.343 e. The fraction of sp³-hybridized carbons (Fsp3) is 0.333. The minimum absolute atomic E-state index is 0.189. The van der Waals surface area contributed by atoms with E-state index < -0.39 is 25.6 Å². The summed E-state index contributed by atoms with van der Waals surface area (Å²) in [5.41, 5.74) is 1.45. The lowest BCUT2D eigenvalue weighted by molar-refractivity contribution is -0.122. The van der Waals surface area contributed by atoms with Gasteiger partial charge < -0.3 is 25.0 Å². The molecule has 3 amide bonds. The van der Waals surface area contributed by atoms with Crippen LogP contribution in [0.1, 0.15) is 19.4 Å². The summed E-state index contributed by atoms with van der Waals surface area (Å²) < 4.78 is 23.9. The first-order valence-electron chi connectivity index (χ1n) is 9.88. The van der Waals surface area contributed by atoms with Gasteiger partial charge >= 0.3 is 13.6 Å². The van der Waals surface area contributed by atoms with Crippen LogP contribution < -0.4 is 16.0 Å². The van der Waals surface area contributed by atoms with E-state index in [1.165, 1.54) is 0 Å². The molecule has 0 radical (unpaired) electrons. The number of carbonyl (C=O) groups excluding carboxylic acids is 2. The summed E-state index contributed by atoms with van der Waals surface area (Å²) in [5.74, 6) is -0.491. The van der Waals surface area contributed by atoms with Crippen LogP contribution in [0.3, 0.4) is 0 Å². The highest BCUT2D eigenvalue weighted by Crippen LogP contribution is 2.46. The molecule has 0 aliphatic rings. The molecule has 0 saturated carbocycles. The van der Waals surface area contributed by atoms with Gasteiger partial charge in [-0.15, -0.1) is 0 Å². The van der Waals surface area contributed by atoms with E-state index in [1.807, 2.05) is 30.3 Å². The number of urea groups is 1. The Kier molecular flexibility index (Phi) is 10.2. The molecule has 3 N–H and O–H groups in total. The van der Waals surface area contributed by atoms with Crippen molar-refractivity contribution in [1.82, 2.24) is 10.6 Å². The number of rotatable bonds is 11. The van der Waals surface area contributed by atoms with Crippen molar-refractivity contribution in [3.63, 3.8) is 0 Å². The lowest BCUT2D eigenvalue weighted by Crippen LogP contribution is -2.49. The summed E-state index contributed by atoms with van der Waals surface area (Å²) >= 11 is 3.34. The fourth-order valence-electron chi connectivity index (χ4n) is 2.74. The summed E-state index contributed by atoms with van der Waals surface area (Å²) in [6.07, 6.45) is -0.0250. The van der Waals surface area contributed by atoms with Gasteiger partial charge in [0.1, 0.15) is 12.3 Å². The van der Waals surface area contributed by atoms with Gasteiger partial charge in [0.05, 0.1) is 13.2 Å². The molecule has 0 spiro atoms. The Balaban J connectivity index is 2.07. The van der Waals surface area contributed by atoms with Gasteiger partial charge in [-0.2, -0.15) is 0 Å². The highest BCUT2D eigenvalue weighted by atomic mass is 79.9. The summed E-state index contributed by atoms with van der Waals surface area (Å²) in [6, 6.07) is 14.9. The van der Waals surface area contributed by atoms with Crippen LogP contribution in [-0.2, 0) is 24.8 Å². The van der Waals surface area contributed by atoms with Crippen molar-refractivity contribution in [1.29, 1.82) is 0 Å². The van der Waals surface area contributed by atoms with Crippen molar-refractivity contribution < 1.29 is 23.2 Å². The largest absolute Gasteiger partial charge is 0.349 e. The molecule has 0 bridgehead atoms. The van der Waals surface area contributed by atoms with Crippen molar-refractivity contribution in [2.75, 3.05) is 24.8 Å². The Hall–Kier alpha value is -2.19. The van der Waals surface area contributed by atoms with Crippen LogP contribution >= 0.6 is 23.5 Å². The zero-order valence-electron chi connectivity index (χ0n) is 17.5. The van der Waals surface area contributed by atoms with Gasteiger partial charge in [0.2, 0.25) is 5.91 Å². The van der Waals surface area contributed by atoms with Crippen LogP contribution in [0, 0.1) is 0 Å². The fourth-order valence-corrected chi connectivity index (χ4v) is 4.40. The van der Waals surface area contributed by atoms with E-state index in [2.05, 4.69) is 31.9 Å². The van der Waals surface area contributed by atoms with Crippen LogP contribution in [0.2, 0.25) is 0 Å². The first kappa shape index (κ1) is 25.1. The number of hydrogen-bond donors (Lipinski definition) is 3. The first-order chi connectivity index (χ1) is 14.8. The maximum Gasteiger partial charge on any atom is 0.349 e. The monoisotopic (exact) mass is 511 g/mol. The number of anilines is 1. The molecule has 0 fully saturated rings. The van der Waals surface area contributed by atoms with Gasteiger partial charge in [0, 0.05) is 16.6 Å². The number of halogens is 1. The number of benzene rings is 2. The number of nitrogens with one attached hydrogen (secondary N) is 3. The topological polar surface area (TPSA) is 106 Å². The molecule has 8 nitrogen and oxygen atoms in total. The van der Waals surface area contributed by atoms with Gasteiger partial charge in [0.25, 0.3) is 0 Å². The van der Waals surface area contributed by atoms with Crippen molar-refractivity contribution in [3.05, 3.63) is 64.6 Å². The maximum atomic E-state index is 12.8. The van der Waals surface area contributed by atoms with Crippen molar-refractivity contribution in [3.8, 4) is 0 Å². The van der Waals surface area contributed by atoms with Crippen LogP contribution in [0.25, 0.3) is 0 Å². The van der Waals surface area contributed by atoms with Gasteiger partial charge in [0.15, 0.2) is 0 Å². The third-order valence-electron chi connectivity index (χ3n) is 4.11. The molecule has 0 heterocycles. The third-order valence-corrected chi connectivity index (χ3v) is 6.48. The van der Waals surface area contributed by atoms with Crippen molar-refractivity contribution >= 4 is 41.2 Å². The van der Waals surface area contributed by atoms with Gasteiger partial charge in [-0.1, -0.05) is 46.3 Å². The lowest BCUT2D eigenvalue weighted by atomic mass is 10.1. The smallest absolute Gasteiger partial charge is 0.343 e. The van der Waals surface area contributed by atoms with Crippen molar-refractivity contribution in [2.24, 2.45) is 0 Å². The second kappa shape index (κ2) is 12.6. The predicted octanol–water partition coefficient (Wildman–Crippen LogP) is 4.52. The van der Waals surface area contributed by atoms with E-state index in [-0.39, 0.29) is 25.9 Å². The minimum atomic E-state index is -3.45. The standard InChI is InChI=1S/C21H27BrN3O5P/c1-3-29-31(28,30-4-2)15-23-20(26)19(14-16-8-6-5-7-9-16)25-21(27)24-18-12-10-17(22)11-13-18/h5-13,19H,3-4,14-15H2,1-2H3,(H,23,26)(H2,24,25,27). The second-order valence-corrected chi connectivity index (χ2v) is 9.46. The summed E-state index contributed by atoms with van der Waals surface area (Å²) in [4.78, 5) is 25.3. The number of carbonyl (C=O) groups is 2. The predicted molar refractivity (Wildman–Crippen MR) is 124 cm³/mol. The molecule has 1 atom stereocenters. The first-order valence-corrected chi connectivity index (χ1v) is 12.4. The van der Waals surface area contributed by atoms with E-state index in [0.717, 1.165) is 10.0 Å². The highest BCUT2D eigenvalue weighted by Gasteiger charge is 2.27. The van der Waals surface area contributed by atoms with Crippen LogP contribution in [-0.4, -0.2) is 37.5 Å². The average Bonchev–Trinajstić information content (AvgIpc) is 2.74. The molecule has 2 rings (SSSR count). The summed E-state index contributed by atoms with van der Waals surface area (Å²) in [6.45, 7) is 3.77. The Morgan fingerprint density at radius 1 is 1.00 bits per heavy atom. The molecule has 2 aromatic rings. The molecule has 2 aromatic carbocycles. The zero-order chi connectivity index (χ0) is 22.7. The Morgan fingerprint density at radius 2 is 1.61 bits per heavy atom. The zero-order valence-corrected chi connectivity index (χ0v) is 19.9. The number of hydrogen-bond acceptors (Lipinski definition) is 5. The third kappa shape index (κ3) is 8.83. The molecule has 10 heteroatoms. The van der Waals surface area contributed by atoms with E-state index >= 15 is 0 Å². The lowest BCUT2D eigenvalue weighted by Gasteiger charge is -2.21. The molecule has 168 valence electrons. The van der Waals surface area contributed by atoms with E-state index in [0.29, 0.717) is 5.69 Å². The van der Waals surface area contributed by atoms with Gasteiger partial charge in [-0.3, -0.25) is 9.36 Å². The average molecular weight is 512 g/mol. The Morgan fingerprint density at radius 3 is 2.19 bits per heavy atom. The molecule has 0 aliphatic carbocycles. The SMILES string of the molecule is CCOP(=O)(CNC(=O)C(Cc1ccccc1)NC(=O)Nc1ccc(Br)cc1)OCC. The molecule has 0 aliphatic heterocycles. The molecule has 31 heavy (non-hydrogen) atoms. The second-order valence-electron chi connectivity index (χ2n) is 6.49. The quantitative estimate of drug-likeness (QED) is 0.384. The Bertz CT molecular complexity index is 886. The van der Waals surface area contributed by atoms with Crippen LogP contribution in [0.4, 0.5) is 10.5 Å². The number of amides is 3.